The Kier molecular flexibility index (Phi) is 5.76. The molecule has 0 bridgehead atoms. The van der Waals surface area contributed by atoms with Crippen LogP contribution in [0.15, 0.2) is 12.1 Å². The fraction of sp³-hybridized carbons (Fsp3) is 0.571. The van der Waals surface area contributed by atoms with Crippen LogP contribution in [0.1, 0.15) is 31.7 Å². The normalized spacial score (nSPS) is 13.7. The molecule has 0 spiro atoms. The van der Waals surface area contributed by atoms with Crippen LogP contribution >= 0.6 is 0 Å². The second-order valence-electron chi connectivity index (χ2n) is 4.55. The lowest BCUT2D eigenvalue weighted by Crippen LogP contribution is -2.27. The molecule has 2 atom stereocenters. The predicted octanol–water partition coefficient (Wildman–Crippen LogP) is 1.61. The SMILES string of the molecule is CCC(N)Cc1nc(C)ccc1OC(C)C(=O)OC. The van der Waals surface area contributed by atoms with Crippen LogP contribution in [0.2, 0.25) is 0 Å². The summed E-state index contributed by atoms with van der Waals surface area (Å²) in [6, 6.07) is 3.70. The molecule has 2 N–H and O–H groups in total. The monoisotopic (exact) mass is 266 g/mol. The molecule has 1 aromatic rings. The van der Waals surface area contributed by atoms with E-state index in [-0.39, 0.29) is 6.04 Å². The molecule has 0 aliphatic carbocycles. The molecule has 0 aliphatic rings. The largest absolute Gasteiger partial charge is 0.477 e. The molecule has 5 heteroatoms. The molecule has 0 saturated heterocycles. The summed E-state index contributed by atoms with van der Waals surface area (Å²) in [6.45, 7) is 5.59. The number of hydrogen-bond acceptors (Lipinski definition) is 5. The quantitative estimate of drug-likeness (QED) is 0.792. The number of carbonyl (C=O) groups is 1. The zero-order valence-corrected chi connectivity index (χ0v) is 12.0. The lowest BCUT2D eigenvalue weighted by atomic mass is 10.1. The summed E-state index contributed by atoms with van der Waals surface area (Å²) < 4.78 is 10.2. The van der Waals surface area contributed by atoms with E-state index in [2.05, 4.69) is 9.72 Å². The molecule has 0 amide bonds. The Morgan fingerprint density at radius 3 is 2.74 bits per heavy atom. The topological polar surface area (TPSA) is 74.4 Å². The molecule has 1 aromatic heterocycles. The summed E-state index contributed by atoms with van der Waals surface area (Å²) in [6.07, 6.45) is 0.828. The molecular formula is C14H22N2O3. The molecule has 1 heterocycles. The van der Waals surface area contributed by atoms with E-state index in [4.69, 9.17) is 10.5 Å². The molecular weight excluding hydrogens is 244 g/mol. The Hall–Kier alpha value is -1.62. The molecule has 19 heavy (non-hydrogen) atoms. The molecule has 0 radical (unpaired) electrons. The number of hydrogen-bond donors (Lipinski definition) is 1. The third-order valence-electron chi connectivity index (χ3n) is 2.89. The van der Waals surface area contributed by atoms with Crippen molar-refractivity contribution in [3.05, 3.63) is 23.5 Å². The van der Waals surface area contributed by atoms with Crippen molar-refractivity contribution in [2.45, 2.75) is 45.8 Å². The van der Waals surface area contributed by atoms with Crippen molar-refractivity contribution in [1.82, 2.24) is 4.98 Å². The fourth-order valence-corrected chi connectivity index (χ4v) is 1.65. The lowest BCUT2D eigenvalue weighted by Gasteiger charge is -2.17. The van der Waals surface area contributed by atoms with Crippen LogP contribution in [0.4, 0.5) is 0 Å². The minimum atomic E-state index is -0.661. The van der Waals surface area contributed by atoms with Gasteiger partial charge < -0.3 is 15.2 Å². The van der Waals surface area contributed by atoms with E-state index in [9.17, 15) is 4.79 Å². The molecule has 0 aliphatic heterocycles. The predicted molar refractivity (Wildman–Crippen MR) is 73.1 cm³/mol. The number of carbonyl (C=O) groups excluding carboxylic acids is 1. The molecule has 5 nitrogen and oxygen atoms in total. The molecule has 1 rings (SSSR count). The van der Waals surface area contributed by atoms with E-state index in [0.717, 1.165) is 17.8 Å². The molecule has 0 aromatic carbocycles. The number of aryl methyl sites for hydroxylation is 1. The lowest BCUT2D eigenvalue weighted by molar-refractivity contribution is -0.147. The molecule has 2 unspecified atom stereocenters. The van der Waals surface area contributed by atoms with Crippen molar-refractivity contribution < 1.29 is 14.3 Å². The van der Waals surface area contributed by atoms with Crippen molar-refractivity contribution in [3.8, 4) is 5.75 Å². The Morgan fingerprint density at radius 2 is 2.16 bits per heavy atom. The van der Waals surface area contributed by atoms with Gasteiger partial charge in [-0.25, -0.2) is 4.79 Å². The Morgan fingerprint density at radius 1 is 1.47 bits per heavy atom. The van der Waals surface area contributed by atoms with Crippen LogP contribution < -0.4 is 10.5 Å². The van der Waals surface area contributed by atoms with Gasteiger partial charge in [-0.1, -0.05) is 6.92 Å². The van der Waals surface area contributed by atoms with Crippen molar-refractivity contribution in [1.29, 1.82) is 0 Å². The first-order valence-corrected chi connectivity index (χ1v) is 6.44. The number of rotatable bonds is 6. The minimum Gasteiger partial charge on any atom is -0.477 e. The number of nitrogens with zero attached hydrogens (tertiary/aromatic N) is 1. The van der Waals surface area contributed by atoms with Gasteiger partial charge in [-0.3, -0.25) is 4.98 Å². The highest BCUT2D eigenvalue weighted by Crippen LogP contribution is 2.20. The van der Waals surface area contributed by atoms with Gasteiger partial charge in [0.2, 0.25) is 0 Å². The van der Waals surface area contributed by atoms with E-state index in [1.807, 2.05) is 26.0 Å². The van der Waals surface area contributed by atoms with Gasteiger partial charge in [-0.05, 0) is 32.4 Å². The first-order chi connectivity index (χ1) is 8.97. The number of nitrogens with two attached hydrogens (primary N) is 1. The number of pyridine rings is 1. The maximum atomic E-state index is 11.4. The number of esters is 1. The van der Waals surface area contributed by atoms with Crippen LogP contribution in [0.25, 0.3) is 0 Å². The highest BCUT2D eigenvalue weighted by atomic mass is 16.6. The Labute approximate surface area is 114 Å². The Bertz CT molecular complexity index is 435. The van der Waals surface area contributed by atoms with Crippen LogP contribution in [0, 0.1) is 6.92 Å². The van der Waals surface area contributed by atoms with Gasteiger partial charge in [0.1, 0.15) is 5.75 Å². The van der Waals surface area contributed by atoms with Gasteiger partial charge in [0.15, 0.2) is 6.10 Å². The second kappa shape index (κ2) is 7.09. The highest BCUT2D eigenvalue weighted by Gasteiger charge is 2.18. The zero-order chi connectivity index (χ0) is 14.4. The van der Waals surface area contributed by atoms with Crippen molar-refractivity contribution in [2.24, 2.45) is 5.73 Å². The third kappa shape index (κ3) is 4.52. The molecule has 0 fully saturated rings. The summed E-state index contributed by atoms with van der Waals surface area (Å²) in [5.74, 6) is 0.179. The maximum Gasteiger partial charge on any atom is 0.346 e. The van der Waals surface area contributed by atoms with Gasteiger partial charge in [0, 0.05) is 18.2 Å². The fourth-order valence-electron chi connectivity index (χ4n) is 1.65. The minimum absolute atomic E-state index is 0.0325. The average molecular weight is 266 g/mol. The van der Waals surface area contributed by atoms with Crippen molar-refractivity contribution in [2.75, 3.05) is 7.11 Å². The highest BCUT2D eigenvalue weighted by molar-refractivity contribution is 5.74. The van der Waals surface area contributed by atoms with Crippen LogP contribution in [0.5, 0.6) is 5.75 Å². The summed E-state index contributed by atoms with van der Waals surface area (Å²) >= 11 is 0. The first kappa shape index (κ1) is 15.4. The van der Waals surface area contributed by atoms with E-state index in [0.29, 0.717) is 12.2 Å². The van der Waals surface area contributed by atoms with Gasteiger partial charge >= 0.3 is 5.97 Å². The van der Waals surface area contributed by atoms with Gasteiger partial charge in [0.25, 0.3) is 0 Å². The van der Waals surface area contributed by atoms with E-state index in [1.54, 1.807) is 6.92 Å². The number of aromatic nitrogens is 1. The van der Waals surface area contributed by atoms with Crippen molar-refractivity contribution in [3.63, 3.8) is 0 Å². The average Bonchev–Trinajstić information content (AvgIpc) is 2.40. The van der Waals surface area contributed by atoms with Crippen LogP contribution in [-0.2, 0) is 16.0 Å². The molecule has 0 saturated carbocycles. The number of ether oxygens (including phenoxy) is 2. The van der Waals surface area contributed by atoms with Gasteiger partial charge in [-0.2, -0.15) is 0 Å². The maximum absolute atomic E-state index is 11.4. The van der Waals surface area contributed by atoms with E-state index in [1.165, 1.54) is 7.11 Å². The summed E-state index contributed by atoms with van der Waals surface area (Å²) in [5, 5.41) is 0. The summed E-state index contributed by atoms with van der Waals surface area (Å²) in [4.78, 5) is 15.8. The van der Waals surface area contributed by atoms with E-state index < -0.39 is 12.1 Å². The number of methoxy groups -OCH3 is 1. The smallest absolute Gasteiger partial charge is 0.346 e. The Balaban J connectivity index is 2.90. The van der Waals surface area contributed by atoms with E-state index >= 15 is 0 Å². The van der Waals surface area contributed by atoms with Gasteiger partial charge in [0.05, 0.1) is 12.8 Å². The van der Waals surface area contributed by atoms with Crippen LogP contribution in [0.3, 0.4) is 0 Å². The summed E-state index contributed by atoms with van der Waals surface area (Å²) in [7, 11) is 1.34. The van der Waals surface area contributed by atoms with Crippen LogP contribution in [-0.4, -0.2) is 30.2 Å². The standard InChI is InChI=1S/C14H22N2O3/c1-5-11(15)8-12-13(7-6-9(2)16-12)19-10(3)14(17)18-4/h6-7,10-11H,5,8,15H2,1-4H3. The first-order valence-electron chi connectivity index (χ1n) is 6.44. The van der Waals surface area contributed by atoms with Crippen molar-refractivity contribution >= 4 is 5.97 Å². The third-order valence-corrected chi connectivity index (χ3v) is 2.89. The van der Waals surface area contributed by atoms with Gasteiger partial charge in [-0.15, -0.1) is 0 Å². The second-order valence-corrected chi connectivity index (χ2v) is 4.55. The zero-order valence-electron chi connectivity index (χ0n) is 12.0. The molecule has 106 valence electrons. The summed E-state index contributed by atoms with van der Waals surface area (Å²) in [5.41, 5.74) is 7.64.